The Balaban J connectivity index is 1.21. The first-order valence-corrected chi connectivity index (χ1v) is 16.0. The third kappa shape index (κ3) is 5.80. The fourth-order valence-electron chi connectivity index (χ4n) is 6.41. The highest BCUT2D eigenvalue weighted by atomic mass is 32.2. The summed E-state index contributed by atoms with van der Waals surface area (Å²) in [7, 11) is -2.47. The van der Waals surface area contributed by atoms with Gasteiger partial charge in [0.05, 0.1) is 6.20 Å². The second-order valence-corrected chi connectivity index (χ2v) is 13.2. The number of hydrogen-bond acceptors (Lipinski definition) is 8. The first kappa shape index (κ1) is 31.2. The lowest BCUT2D eigenvalue weighted by atomic mass is 9.93. The highest BCUT2D eigenvalue weighted by Crippen LogP contribution is 2.46. The summed E-state index contributed by atoms with van der Waals surface area (Å²) < 4.78 is 48.2. The van der Waals surface area contributed by atoms with Gasteiger partial charge in [-0.15, -0.1) is 0 Å². The first-order chi connectivity index (χ1) is 21.9. The van der Waals surface area contributed by atoms with Gasteiger partial charge in [0.2, 0.25) is 11.5 Å². The van der Waals surface area contributed by atoms with Crippen LogP contribution < -0.4 is 4.72 Å². The molecule has 6 rings (SSSR count). The Labute approximate surface area is 263 Å². The highest BCUT2D eigenvalue weighted by Gasteiger charge is 2.58. The number of hydrogen-bond donors (Lipinski definition) is 2. The molecule has 3 aliphatic rings. The molecule has 2 aromatic carbocycles. The Morgan fingerprint density at radius 2 is 1.85 bits per heavy atom. The Kier molecular flexibility index (Phi) is 8.02. The number of aryl methyl sites for hydroxylation is 2. The molecule has 1 aliphatic carbocycles. The van der Waals surface area contributed by atoms with Crippen molar-refractivity contribution < 1.29 is 41.8 Å². The van der Waals surface area contributed by atoms with Crippen molar-refractivity contribution in [3.8, 4) is 11.1 Å². The predicted octanol–water partition coefficient (Wildman–Crippen LogP) is 2.35. The molecule has 1 aromatic heterocycles. The number of nitrogens with zero attached hydrogens (tertiary/aromatic N) is 5. The van der Waals surface area contributed by atoms with Crippen LogP contribution in [0.25, 0.3) is 11.1 Å². The zero-order valence-corrected chi connectivity index (χ0v) is 25.6. The Hall–Kier alpha value is -4.83. The molecule has 1 atom stereocenters. The van der Waals surface area contributed by atoms with E-state index in [1.807, 2.05) is 25.4 Å². The van der Waals surface area contributed by atoms with Crippen molar-refractivity contribution >= 4 is 34.2 Å². The van der Waals surface area contributed by atoms with Gasteiger partial charge in [0.1, 0.15) is 12.4 Å². The third-order valence-electron chi connectivity index (χ3n) is 8.70. The van der Waals surface area contributed by atoms with Gasteiger partial charge in [-0.3, -0.25) is 14.3 Å². The topological polar surface area (TPSA) is 171 Å². The summed E-state index contributed by atoms with van der Waals surface area (Å²) in [6.45, 7) is -0.757. The summed E-state index contributed by atoms with van der Waals surface area (Å²) in [4.78, 5) is 54.0. The van der Waals surface area contributed by atoms with Gasteiger partial charge in [-0.1, -0.05) is 30.3 Å². The van der Waals surface area contributed by atoms with Gasteiger partial charge in [0.25, 0.3) is 5.91 Å². The van der Waals surface area contributed by atoms with E-state index in [0.29, 0.717) is 17.5 Å². The van der Waals surface area contributed by atoms with Crippen LogP contribution in [-0.4, -0.2) is 87.1 Å². The van der Waals surface area contributed by atoms with Crippen molar-refractivity contribution in [1.29, 1.82) is 0 Å². The van der Waals surface area contributed by atoms with E-state index >= 15 is 0 Å². The highest BCUT2D eigenvalue weighted by molar-refractivity contribution is 7.87. The molecule has 3 heterocycles. The molecule has 0 bridgehead atoms. The minimum absolute atomic E-state index is 0.00603. The molecule has 46 heavy (non-hydrogen) atoms. The number of fused-ring (bicyclic) bond motifs is 2. The van der Waals surface area contributed by atoms with Gasteiger partial charge in [-0.25, -0.2) is 23.6 Å². The van der Waals surface area contributed by atoms with Crippen molar-refractivity contribution in [3.05, 3.63) is 77.4 Å². The molecule has 2 N–H and O–H groups in total. The summed E-state index contributed by atoms with van der Waals surface area (Å²) in [6.07, 6.45) is 1.97. The number of carbonyl (C=O) groups excluding carboxylic acids is 3. The molecule has 2 saturated heterocycles. The number of benzene rings is 2. The Morgan fingerprint density at radius 3 is 2.50 bits per heavy atom. The molecule has 2 aliphatic heterocycles. The second-order valence-electron chi connectivity index (χ2n) is 11.6. The van der Waals surface area contributed by atoms with E-state index in [-0.39, 0.29) is 38.9 Å². The van der Waals surface area contributed by atoms with E-state index in [1.165, 1.54) is 33.9 Å². The zero-order chi connectivity index (χ0) is 32.8. The van der Waals surface area contributed by atoms with Gasteiger partial charge in [-0.2, -0.15) is 17.8 Å². The first-order valence-electron chi connectivity index (χ1n) is 14.6. The molecule has 0 radical (unpaired) electrons. The van der Waals surface area contributed by atoms with Crippen LogP contribution in [-0.2, 0) is 50.1 Å². The Morgan fingerprint density at radius 1 is 1.13 bits per heavy atom. The summed E-state index contributed by atoms with van der Waals surface area (Å²) in [5, 5.41) is 13.1. The van der Waals surface area contributed by atoms with Crippen molar-refractivity contribution in [2.75, 3.05) is 19.6 Å². The van der Waals surface area contributed by atoms with E-state index in [4.69, 9.17) is 9.84 Å². The average Bonchev–Trinajstić information content (AvgIpc) is 3.68. The van der Waals surface area contributed by atoms with Crippen molar-refractivity contribution in [2.24, 2.45) is 7.05 Å². The standard InChI is InChI=1S/C30H31FN6O8S/c1-34-17-22(15-32-34)20-4-7-25-21(14-20)8-11-30(25)27(39)37(29(42)45-30)18-26(38)36(16-19-2-5-23(31)6-3-19)24-9-12-35(13-10-24)46(43,44)33-28(40)41/h2-7,14-15,17,24,33H,8-13,16,18H2,1H3,(H,40,41)/t30-/m1/s1. The minimum atomic E-state index is -4.28. The molecule has 0 saturated carbocycles. The van der Waals surface area contributed by atoms with E-state index < -0.39 is 58.2 Å². The average molecular weight is 655 g/mol. The molecule has 242 valence electrons. The van der Waals surface area contributed by atoms with Crippen LogP contribution in [0.3, 0.4) is 0 Å². The zero-order valence-electron chi connectivity index (χ0n) is 24.8. The number of imide groups is 1. The predicted molar refractivity (Wildman–Crippen MR) is 158 cm³/mol. The summed E-state index contributed by atoms with van der Waals surface area (Å²) in [5.41, 5.74) is 2.27. The van der Waals surface area contributed by atoms with Crippen LogP contribution in [0.15, 0.2) is 54.9 Å². The van der Waals surface area contributed by atoms with Crippen LogP contribution in [0.2, 0.25) is 0 Å². The Bertz CT molecular complexity index is 1820. The van der Waals surface area contributed by atoms with Gasteiger partial charge >= 0.3 is 22.4 Å². The molecule has 0 unspecified atom stereocenters. The molecule has 14 nitrogen and oxygen atoms in total. The number of ether oxygens (including phenoxy) is 1. The maximum absolute atomic E-state index is 13.9. The molecule has 1 spiro atoms. The number of aromatic nitrogens is 2. The lowest BCUT2D eigenvalue weighted by Gasteiger charge is -2.38. The van der Waals surface area contributed by atoms with Crippen molar-refractivity contribution in [1.82, 2.24) is 28.6 Å². The quantitative estimate of drug-likeness (QED) is 0.370. The third-order valence-corrected chi connectivity index (χ3v) is 10.2. The van der Waals surface area contributed by atoms with Crippen LogP contribution >= 0.6 is 0 Å². The molecule has 2 fully saturated rings. The van der Waals surface area contributed by atoms with E-state index in [1.54, 1.807) is 16.9 Å². The van der Waals surface area contributed by atoms with Crippen LogP contribution in [0.5, 0.6) is 0 Å². The van der Waals surface area contributed by atoms with E-state index in [2.05, 4.69) is 5.10 Å². The number of carbonyl (C=O) groups is 4. The van der Waals surface area contributed by atoms with Crippen LogP contribution in [0.4, 0.5) is 14.0 Å². The summed E-state index contributed by atoms with van der Waals surface area (Å²) in [5.74, 6) is -1.69. The van der Waals surface area contributed by atoms with Gasteiger partial charge in [-0.05, 0) is 48.1 Å². The normalized spacial score (nSPS) is 20.2. The summed E-state index contributed by atoms with van der Waals surface area (Å²) >= 11 is 0. The monoisotopic (exact) mass is 654 g/mol. The molecular formula is C30H31FN6O8S. The van der Waals surface area contributed by atoms with Gasteiger partial charge in [0, 0.05) is 56.5 Å². The van der Waals surface area contributed by atoms with Gasteiger partial charge < -0.3 is 14.7 Å². The van der Waals surface area contributed by atoms with Crippen molar-refractivity contribution in [3.63, 3.8) is 0 Å². The number of piperidine rings is 1. The number of carboxylic acid groups (broad SMARTS) is 1. The van der Waals surface area contributed by atoms with E-state index in [0.717, 1.165) is 25.9 Å². The largest absolute Gasteiger partial charge is 0.464 e. The lowest BCUT2D eigenvalue weighted by Crippen LogP contribution is -2.53. The lowest BCUT2D eigenvalue weighted by molar-refractivity contribution is -0.143. The number of rotatable bonds is 8. The van der Waals surface area contributed by atoms with Crippen LogP contribution in [0.1, 0.15) is 36.0 Å². The fraction of sp³-hybridized carbons (Fsp3) is 0.367. The maximum Gasteiger partial charge on any atom is 0.419 e. The second kappa shape index (κ2) is 11.8. The molecular weight excluding hydrogens is 623 g/mol. The molecule has 16 heteroatoms. The van der Waals surface area contributed by atoms with Gasteiger partial charge in [0.15, 0.2) is 0 Å². The number of nitrogens with one attached hydrogen (secondary N) is 1. The minimum Gasteiger partial charge on any atom is -0.464 e. The smallest absolute Gasteiger partial charge is 0.419 e. The molecule has 4 amide bonds. The fourth-order valence-corrected chi connectivity index (χ4v) is 7.45. The maximum atomic E-state index is 13.9. The summed E-state index contributed by atoms with van der Waals surface area (Å²) in [6, 6.07) is 10.5. The number of halogens is 1. The molecule has 3 aromatic rings. The van der Waals surface area contributed by atoms with Crippen molar-refractivity contribution in [2.45, 2.75) is 43.9 Å². The SMILES string of the molecule is Cn1cc(-c2ccc3c(c2)CC[C@@]32OC(=O)N(CC(=O)N(Cc3ccc(F)cc3)C3CCN(S(=O)(=O)NC(=O)O)CC3)C2=O)cn1. The van der Waals surface area contributed by atoms with Crippen LogP contribution in [0, 0.1) is 5.82 Å². The number of amides is 4. The van der Waals surface area contributed by atoms with E-state index in [9.17, 15) is 32.0 Å².